The summed E-state index contributed by atoms with van der Waals surface area (Å²) in [6.45, 7) is 6.53. The van der Waals surface area contributed by atoms with Gasteiger partial charge in [0.2, 0.25) is 0 Å². The molecule has 19 heavy (non-hydrogen) atoms. The molecule has 0 atom stereocenters. The Morgan fingerprint density at radius 1 is 0.947 bits per heavy atom. The maximum Gasteiger partial charge on any atom is 0.0560 e. The van der Waals surface area contributed by atoms with Crippen molar-refractivity contribution in [2.45, 2.75) is 27.2 Å². The van der Waals surface area contributed by atoms with Gasteiger partial charge in [0.25, 0.3) is 0 Å². The Bertz CT molecular complexity index is 714. The molecular formula is C18H19N. The lowest BCUT2D eigenvalue weighted by molar-refractivity contribution is 1.07. The summed E-state index contributed by atoms with van der Waals surface area (Å²) in [7, 11) is 0. The van der Waals surface area contributed by atoms with Gasteiger partial charge in [-0.05, 0) is 55.2 Å². The SMILES string of the molecule is CCc1cccc2ccn(-c3cc(C)cc(C)c3)c12. The second-order valence-corrected chi connectivity index (χ2v) is 5.24. The van der Waals surface area contributed by atoms with Crippen molar-refractivity contribution in [1.82, 2.24) is 4.57 Å². The zero-order chi connectivity index (χ0) is 13.4. The van der Waals surface area contributed by atoms with Crippen LogP contribution in [0, 0.1) is 13.8 Å². The van der Waals surface area contributed by atoms with E-state index in [1.807, 2.05) is 0 Å². The molecule has 0 radical (unpaired) electrons. The van der Waals surface area contributed by atoms with Gasteiger partial charge in [-0.15, -0.1) is 0 Å². The highest BCUT2D eigenvalue weighted by Gasteiger charge is 2.07. The van der Waals surface area contributed by atoms with Crippen molar-refractivity contribution in [3.8, 4) is 5.69 Å². The number of aromatic nitrogens is 1. The van der Waals surface area contributed by atoms with Gasteiger partial charge in [0.15, 0.2) is 0 Å². The van der Waals surface area contributed by atoms with Gasteiger partial charge in [0.1, 0.15) is 0 Å². The minimum atomic E-state index is 1.06. The van der Waals surface area contributed by atoms with Crippen LogP contribution in [0.25, 0.3) is 16.6 Å². The molecule has 1 nitrogen and oxygen atoms in total. The Morgan fingerprint density at radius 3 is 2.37 bits per heavy atom. The van der Waals surface area contributed by atoms with Crippen molar-refractivity contribution in [3.63, 3.8) is 0 Å². The van der Waals surface area contributed by atoms with Crippen molar-refractivity contribution >= 4 is 10.9 Å². The predicted octanol–water partition coefficient (Wildman–Crippen LogP) is 4.81. The smallest absolute Gasteiger partial charge is 0.0560 e. The van der Waals surface area contributed by atoms with E-state index in [1.165, 1.54) is 33.3 Å². The van der Waals surface area contributed by atoms with Gasteiger partial charge < -0.3 is 4.57 Å². The normalized spacial score (nSPS) is 11.1. The highest BCUT2D eigenvalue weighted by Crippen LogP contribution is 2.25. The van der Waals surface area contributed by atoms with Gasteiger partial charge >= 0.3 is 0 Å². The van der Waals surface area contributed by atoms with E-state index in [0.717, 1.165) is 6.42 Å². The van der Waals surface area contributed by atoms with Gasteiger partial charge in [-0.2, -0.15) is 0 Å². The topological polar surface area (TPSA) is 4.93 Å². The highest BCUT2D eigenvalue weighted by molar-refractivity contribution is 5.85. The van der Waals surface area contributed by atoms with Crippen LogP contribution >= 0.6 is 0 Å². The molecule has 1 aromatic heterocycles. The number of hydrogen-bond acceptors (Lipinski definition) is 0. The Kier molecular flexibility index (Phi) is 2.90. The fourth-order valence-corrected chi connectivity index (χ4v) is 2.86. The first-order valence-corrected chi connectivity index (χ1v) is 6.86. The van der Waals surface area contributed by atoms with E-state index < -0.39 is 0 Å². The molecule has 0 spiro atoms. The predicted molar refractivity (Wildman–Crippen MR) is 82.1 cm³/mol. The van der Waals surface area contributed by atoms with E-state index in [1.54, 1.807) is 0 Å². The third kappa shape index (κ3) is 2.06. The Balaban J connectivity index is 2.30. The molecule has 0 saturated heterocycles. The summed E-state index contributed by atoms with van der Waals surface area (Å²) in [6.07, 6.45) is 3.24. The van der Waals surface area contributed by atoms with Crippen LogP contribution in [0.2, 0.25) is 0 Å². The lowest BCUT2D eigenvalue weighted by Crippen LogP contribution is -1.96. The minimum Gasteiger partial charge on any atom is -0.316 e. The molecule has 0 amide bonds. The summed E-state index contributed by atoms with van der Waals surface area (Å²) < 4.78 is 2.31. The number of rotatable bonds is 2. The molecule has 96 valence electrons. The number of benzene rings is 2. The molecule has 1 heteroatoms. The molecular weight excluding hydrogens is 230 g/mol. The Hall–Kier alpha value is -2.02. The van der Waals surface area contributed by atoms with Crippen LogP contribution in [0.3, 0.4) is 0 Å². The summed E-state index contributed by atoms with van der Waals surface area (Å²) in [5.74, 6) is 0. The zero-order valence-electron chi connectivity index (χ0n) is 11.8. The molecule has 0 N–H and O–H groups in total. The van der Waals surface area contributed by atoms with E-state index in [-0.39, 0.29) is 0 Å². The van der Waals surface area contributed by atoms with Crippen molar-refractivity contribution in [2.75, 3.05) is 0 Å². The number of para-hydroxylation sites is 1. The van der Waals surface area contributed by atoms with Gasteiger partial charge in [0.05, 0.1) is 5.52 Å². The molecule has 0 aliphatic heterocycles. The van der Waals surface area contributed by atoms with E-state index in [9.17, 15) is 0 Å². The van der Waals surface area contributed by atoms with Crippen LogP contribution in [0.5, 0.6) is 0 Å². The summed E-state index contributed by atoms with van der Waals surface area (Å²) in [5, 5.41) is 1.32. The lowest BCUT2D eigenvalue weighted by atomic mass is 10.1. The summed E-state index contributed by atoms with van der Waals surface area (Å²) in [6, 6.07) is 15.5. The summed E-state index contributed by atoms with van der Waals surface area (Å²) in [5.41, 5.74) is 6.63. The Labute approximate surface area is 114 Å². The lowest BCUT2D eigenvalue weighted by Gasteiger charge is -2.11. The van der Waals surface area contributed by atoms with Gasteiger partial charge in [-0.25, -0.2) is 0 Å². The molecule has 0 fully saturated rings. The quantitative estimate of drug-likeness (QED) is 0.614. The molecule has 2 aromatic carbocycles. The van der Waals surface area contributed by atoms with Crippen molar-refractivity contribution in [1.29, 1.82) is 0 Å². The molecule has 0 saturated carbocycles. The number of hydrogen-bond donors (Lipinski definition) is 0. The van der Waals surface area contributed by atoms with Crippen molar-refractivity contribution < 1.29 is 0 Å². The second kappa shape index (κ2) is 4.58. The van der Waals surface area contributed by atoms with E-state index in [0.29, 0.717) is 0 Å². The maximum atomic E-state index is 2.31. The number of nitrogens with zero attached hydrogens (tertiary/aromatic N) is 1. The van der Waals surface area contributed by atoms with Crippen molar-refractivity contribution in [3.05, 3.63) is 65.4 Å². The van der Waals surface area contributed by atoms with Crippen LogP contribution in [-0.4, -0.2) is 4.57 Å². The molecule has 3 rings (SSSR count). The summed E-state index contributed by atoms with van der Waals surface area (Å²) >= 11 is 0. The second-order valence-electron chi connectivity index (χ2n) is 5.24. The van der Waals surface area contributed by atoms with Gasteiger partial charge in [-0.1, -0.05) is 31.2 Å². The molecule has 3 aromatic rings. The van der Waals surface area contributed by atoms with E-state index in [4.69, 9.17) is 0 Å². The standard InChI is InChI=1S/C18H19N/c1-4-15-6-5-7-16-8-9-19(18(15)16)17-11-13(2)10-14(3)12-17/h5-12H,4H2,1-3H3. The molecule has 0 aliphatic carbocycles. The third-order valence-electron chi connectivity index (χ3n) is 3.66. The summed E-state index contributed by atoms with van der Waals surface area (Å²) in [4.78, 5) is 0. The monoisotopic (exact) mass is 249 g/mol. The molecule has 0 bridgehead atoms. The van der Waals surface area contributed by atoms with Gasteiger partial charge in [0, 0.05) is 17.3 Å². The highest BCUT2D eigenvalue weighted by atomic mass is 15.0. The van der Waals surface area contributed by atoms with Crippen LogP contribution < -0.4 is 0 Å². The van der Waals surface area contributed by atoms with Crippen LogP contribution in [-0.2, 0) is 6.42 Å². The van der Waals surface area contributed by atoms with E-state index >= 15 is 0 Å². The number of aryl methyl sites for hydroxylation is 3. The Morgan fingerprint density at radius 2 is 1.68 bits per heavy atom. The zero-order valence-corrected chi connectivity index (χ0v) is 11.8. The first kappa shape index (κ1) is 12.0. The average molecular weight is 249 g/mol. The minimum absolute atomic E-state index is 1.06. The van der Waals surface area contributed by atoms with Crippen LogP contribution in [0.15, 0.2) is 48.7 Å². The average Bonchev–Trinajstić information content (AvgIpc) is 2.81. The van der Waals surface area contributed by atoms with E-state index in [2.05, 4.69) is 74.0 Å². The largest absolute Gasteiger partial charge is 0.316 e. The van der Waals surface area contributed by atoms with Crippen molar-refractivity contribution in [2.24, 2.45) is 0 Å². The maximum absolute atomic E-state index is 2.31. The van der Waals surface area contributed by atoms with Gasteiger partial charge in [-0.3, -0.25) is 0 Å². The molecule has 0 unspecified atom stereocenters. The molecule has 0 aliphatic rings. The fraction of sp³-hybridized carbons (Fsp3) is 0.222. The van der Waals surface area contributed by atoms with Crippen LogP contribution in [0.4, 0.5) is 0 Å². The first-order chi connectivity index (χ1) is 9.19. The number of fused-ring (bicyclic) bond motifs is 1. The fourth-order valence-electron chi connectivity index (χ4n) is 2.86. The van der Waals surface area contributed by atoms with Crippen LogP contribution in [0.1, 0.15) is 23.6 Å². The first-order valence-electron chi connectivity index (χ1n) is 6.86. The molecule has 1 heterocycles. The third-order valence-corrected chi connectivity index (χ3v) is 3.66.